The number of nitrogens with one attached hydrogen (secondary N) is 2. The van der Waals surface area contributed by atoms with Gasteiger partial charge in [0, 0.05) is 22.4 Å². The van der Waals surface area contributed by atoms with E-state index in [1.165, 1.54) is 6.33 Å². The van der Waals surface area contributed by atoms with Crippen molar-refractivity contribution >= 4 is 54.0 Å². The standard InChI is InChI=1S/C19H17BrN6O2S/c1-29(21,27)13-4-2-3-12(7-13)10-28-17-9-16-14(8-15(17)20)19(23-11-22-16)25-18-5-6-24-26-18/h2-9,11H,1,10H2,(H2,21,27)(H2,22,23,24,25,26). The van der Waals surface area contributed by atoms with Gasteiger partial charge in [0.25, 0.3) is 0 Å². The molecule has 0 aliphatic rings. The van der Waals surface area contributed by atoms with Gasteiger partial charge >= 0.3 is 0 Å². The predicted octanol–water partition coefficient (Wildman–Crippen LogP) is 3.39. The van der Waals surface area contributed by atoms with Crippen LogP contribution in [0.3, 0.4) is 0 Å². The van der Waals surface area contributed by atoms with E-state index in [4.69, 9.17) is 9.88 Å². The molecule has 10 heteroatoms. The third kappa shape index (κ3) is 4.39. The summed E-state index contributed by atoms with van der Waals surface area (Å²) in [5.74, 6) is 5.51. The number of anilines is 2. The van der Waals surface area contributed by atoms with Gasteiger partial charge in [-0.2, -0.15) is 5.10 Å². The molecule has 2 heterocycles. The Morgan fingerprint density at radius 2 is 2.10 bits per heavy atom. The van der Waals surface area contributed by atoms with E-state index in [2.05, 4.69) is 47.3 Å². The van der Waals surface area contributed by atoms with E-state index < -0.39 is 9.71 Å². The monoisotopic (exact) mass is 472 g/mol. The Hall–Kier alpha value is -2.95. The van der Waals surface area contributed by atoms with Gasteiger partial charge in [0.1, 0.15) is 30.3 Å². The SMILES string of the molecule is C=S(N)(=O)c1cccc(COc2cc3ncnc(Nc4ccn[nH]4)c3cc2Br)c1. The highest BCUT2D eigenvalue weighted by Gasteiger charge is 2.11. The van der Waals surface area contributed by atoms with E-state index in [1.807, 2.05) is 18.2 Å². The fraction of sp³-hybridized carbons (Fsp3) is 0.0526. The van der Waals surface area contributed by atoms with Crippen LogP contribution in [0.5, 0.6) is 5.75 Å². The molecule has 1 unspecified atom stereocenters. The number of benzene rings is 2. The lowest BCUT2D eigenvalue weighted by atomic mass is 10.2. The van der Waals surface area contributed by atoms with Gasteiger partial charge in [0.2, 0.25) is 0 Å². The first-order chi connectivity index (χ1) is 13.9. The number of aromatic amines is 1. The Morgan fingerprint density at radius 1 is 1.24 bits per heavy atom. The molecular weight excluding hydrogens is 456 g/mol. The van der Waals surface area contributed by atoms with Gasteiger partial charge in [0.15, 0.2) is 0 Å². The fourth-order valence-corrected chi connectivity index (χ4v) is 3.85. The summed E-state index contributed by atoms with van der Waals surface area (Å²) in [7, 11) is -2.77. The average Bonchev–Trinajstić information content (AvgIpc) is 3.20. The first-order valence-corrected chi connectivity index (χ1v) is 11.1. The molecular formula is C19H17BrN6O2S. The van der Waals surface area contributed by atoms with E-state index in [0.717, 1.165) is 26.8 Å². The van der Waals surface area contributed by atoms with Crippen molar-refractivity contribution in [2.45, 2.75) is 11.5 Å². The lowest BCUT2D eigenvalue weighted by Crippen LogP contribution is -2.12. The summed E-state index contributed by atoms with van der Waals surface area (Å²) in [6, 6.07) is 12.6. The number of H-pyrrole nitrogens is 1. The Labute approximate surface area is 175 Å². The van der Waals surface area contributed by atoms with Crippen molar-refractivity contribution in [3.63, 3.8) is 0 Å². The van der Waals surface area contributed by atoms with Crippen LogP contribution in [0, 0.1) is 0 Å². The highest BCUT2D eigenvalue weighted by atomic mass is 79.9. The van der Waals surface area contributed by atoms with Crippen LogP contribution in [0.25, 0.3) is 10.9 Å². The molecule has 0 spiro atoms. The Balaban J connectivity index is 1.60. The zero-order chi connectivity index (χ0) is 20.4. The normalized spacial score (nSPS) is 13.2. The molecule has 0 saturated heterocycles. The maximum Gasteiger partial charge on any atom is 0.142 e. The number of hydrogen-bond acceptors (Lipinski definition) is 6. The van der Waals surface area contributed by atoms with Crippen molar-refractivity contribution < 1.29 is 8.95 Å². The van der Waals surface area contributed by atoms with Crippen LogP contribution in [0.4, 0.5) is 11.6 Å². The van der Waals surface area contributed by atoms with Crippen molar-refractivity contribution in [2.24, 2.45) is 5.14 Å². The molecule has 0 bridgehead atoms. The maximum atomic E-state index is 12.0. The molecule has 0 aliphatic carbocycles. The number of hydrogen-bond donors (Lipinski definition) is 3. The summed E-state index contributed by atoms with van der Waals surface area (Å²) in [4.78, 5) is 9.12. The van der Waals surface area contributed by atoms with E-state index >= 15 is 0 Å². The van der Waals surface area contributed by atoms with Crippen LogP contribution in [-0.2, 0) is 16.3 Å². The first-order valence-electron chi connectivity index (χ1n) is 8.47. The van der Waals surface area contributed by atoms with Gasteiger partial charge < -0.3 is 10.1 Å². The van der Waals surface area contributed by atoms with Crippen molar-refractivity contribution in [3.05, 3.63) is 65.0 Å². The average molecular weight is 473 g/mol. The minimum atomic E-state index is -2.77. The Kier molecular flexibility index (Phi) is 5.22. The molecule has 0 amide bonds. The lowest BCUT2D eigenvalue weighted by molar-refractivity contribution is 0.304. The highest BCUT2D eigenvalue weighted by Crippen LogP contribution is 2.33. The quantitative estimate of drug-likeness (QED) is 0.370. The smallest absolute Gasteiger partial charge is 0.142 e. The van der Waals surface area contributed by atoms with E-state index in [0.29, 0.717) is 16.5 Å². The van der Waals surface area contributed by atoms with Crippen molar-refractivity contribution in [1.82, 2.24) is 20.2 Å². The van der Waals surface area contributed by atoms with Crippen LogP contribution in [0.15, 0.2) is 64.4 Å². The number of nitrogens with two attached hydrogens (primary N) is 1. The van der Waals surface area contributed by atoms with Gasteiger partial charge in [0.05, 0.1) is 25.9 Å². The van der Waals surface area contributed by atoms with Gasteiger partial charge in [-0.3, -0.25) is 10.2 Å². The summed E-state index contributed by atoms with van der Waals surface area (Å²) < 4.78 is 18.7. The second kappa shape index (κ2) is 7.82. The topological polar surface area (TPSA) is 119 Å². The molecule has 148 valence electrons. The molecule has 0 radical (unpaired) electrons. The van der Waals surface area contributed by atoms with Gasteiger partial charge in [-0.1, -0.05) is 12.1 Å². The molecule has 4 rings (SSSR count). The van der Waals surface area contributed by atoms with Crippen molar-refractivity contribution in [3.8, 4) is 5.75 Å². The minimum absolute atomic E-state index is 0.276. The molecule has 4 aromatic rings. The Morgan fingerprint density at radius 3 is 2.86 bits per heavy atom. The number of halogens is 1. The summed E-state index contributed by atoms with van der Waals surface area (Å²) in [5.41, 5.74) is 1.55. The van der Waals surface area contributed by atoms with Crippen LogP contribution < -0.4 is 15.2 Å². The van der Waals surface area contributed by atoms with Gasteiger partial charge in [-0.05, 0) is 45.6 Å². The number of fused-ring (bicyclic) bond motifs is 1. The van der Waals surface area contributed by atoms with Crippen molar-refractivity contribution in [1.29, 1.82) is 0 Å². The molecule has 0 fully saturated rings. The Bertz CT molecular complexity index is 1280. The van der Waals surface area contributed by atoms with Crippen LogP contribution >= 0.6 is 15.9 Å². The van der Waals surface area contributed by atoms with Crippen LogP contribution in [-0.4, -0.2) is 30.2 Å². The van der Waals surface area contributed by atoms with Crippen LogP contribution in [0.1, 0.15) is 5.56 Å². The number of rotatable bonds is 6. The summed E-state index contributed by atoms with van der Waals surface area (Å²) in [6.45, 7) is 0.276. The third-order valence-corrected chi connectivity index (χ3v) is 5.81. The highest BCUT2D eigenvalue weighted by molar-refractivity contribution is 9.10. The van der Waals surface area contributed by atoms with Crippen molar-refractivity contribution in [2.75, 3.05) is 5.32 Å². The number of aromatic nitrogens is 4. The fourth-order valence-electron chi connectivity index (χ4n) is 2.73. The molecule has 2 aromatic carbocycles. The minimum Gasteiger partial charge on any atom is -0.488 e. The maximum absolute atomic E-state index is 12.0. The molecule has 1 atom stereocenters. The molecule has 29 heavy (non-hydrogen) atoms. The second-order valence-corrected chi connectivity index (χ2v) is 9.06. The first kappa shape index (κ1) is 19.4. The molecule has 8 nitrogen and oxygen atoms in total. The summed E-state index contributed by atoms with van der Waals surface area (Å²) >= 11 is 3.54. The largest absolute Gasteiger partial charge is 0.488 e. The number of ether oxygens (including phenoxy) is 1. The number of nitrogens with zero attached hydrogens (tertiary/aromatic N) is 3. The zero-order valence-electron chi connectivity index (χ0n) is 15.1. The summed E-state index contributed by atoms with van der Waals surface area (Å²) in [5, 5.41) is 16.4. The molecule has 0 aliphatic heterocycles. The van der Waals surface area contributed by atoms with E-state index in [1.54, 1.807) is 30.5 Å². The zero-order valence-corrected chi connectivity index (χ0v) is 17.5. The molecule has 0 saturated carbocycles. The van der Waals surface area contributed by atoms with E-state index in [-0.39, 0.29) is 6.61 Å². The van der Waals surface area contributed by atoms with Gasteiger partial charge in [-0.25, -0.2) is 14.2 Å². The molecule has 4 N–H and O–H groups in total. The third-order valence-electron chi connectivity index (χ3n) is 4.13. The summed E-state index contributed by atoms with van der Waals surface area (Å²) in [6.07, 6.45) is 3.13. The van der Waals surface area contributed by atoms with Crippen LogP contribution in [0.2, 0.25) is 0 Å². The van der Waals surface area contributed by atoms with E-state index in [9.17, 15) is 4.21 Å². The molecule has 2 aromatic heterocycles. The second-order valence-electron chi connectivity index (χ2n) is 6.28. The lowest BCUT2D eigenvalue weighted by Gasteiger charge is -2.12. The predicted molar refractivity (Wildman–Crippen MR) is 118 cm³/mol. The van der Waals surface area contributed by atoms with Gasteiger partial charge in [-0.15, -0.1) is 0 Å².